The first kappa shape index (κ1) is 24.3. The van der Waals surface area contributed by atoms with Crippen LogP contribution in [0.2, 0.25) is 0 Å². The number of carbonyl (C=O) groups excluding carboxylic acids is 1. The van der Waals surface area contributed by atoms with Crippen LogP contribution >= 0.6 is 15.9 Å². The molecule has 0 saturated heterocycles. The number of carbonyl (C=O) groups is 1. The molecule has 2 aromatic rings. The van der Waals surface area contributed by atoms with Gasteiger partial charge in [0, 0.05) is 10.4 Å². The van der Waals surface area contributed by atoms with E-state index in [1.165, 1.54) is 0 Å². The summed E-state index contributed by atoms with van der Waals surface area (Å²) < 4.78 is 18.0. The molecule has 0 bridgehead atoms. The predicted molar refractivity (Wildman–Crippen MR) is 125 cm³/mol. The van der Waals surface area contributed by atoms with Gasteiger partial charge in [0.1, 0.15) is 11.5 Å². The number of aryl methyl sites for hydroxylation is 1. The van der Waals surface area contributed by atoms with Crippen LogP contribution in [0.3, 0.4) is 0 Å². The highest BCUT2D eigenvalue weighted by Crippen LogP contribution is 2.35. The van der Waals surface area contributed by atoms with E-state index in [0.717, 1.165) is 46.4 Å². The van der Waals surface area contributed by atoms with Crippen LogP contribution in [-0.2, 0) is 17.6 Å². The second-order valence-electron chi connectivity index (χ2n) is 8.12. The Balaban J connectivity index is 2.10. The van der Waals surface area contributed by atoms with Crippen molar-refractivity contribution in [2.45, 2.75) is 66.1 Å². The van der Waals surface area contributed by atoms with Crippen LogP contribution < -0.4 is 14.2 Å². The molecule has 5 heteroatoms. The summed E-state index contributed by atoms with van der Waals surface area (Å²) in [7, 11) is 1.64. The smallest absolute Gasteiger partial charge is 0.161 e. The van der Waals surface area contributed by atoms with Gasteiger partial charge >= 0.3 is 0 Å². The van der Waals surface area contributed by atoms with Gasteiger partial charge in [-0.2, -0.15) is 0 Å². The maximum absolute atomic E-state index is 12.3. The van der Waals surface area contributed by atoms with Gasteiger partial charge in [-0.25, -0.2) is 0 Å². The minimum absolute atomic E-state index is 0.0367. The van der Waals surface area contributed by atoms with Gasteiger partial charge in [-0.15, -0.1) is 0 Å². The van der Waals surface area contributed by atoms with Crippen LogP contribution in [-0.4, -0.2) is 25.1 Å². The van der Waals surface area contributed by atoms with Crippen LogP contribution in [0.5, 0.6) is 17.2 Å². The van der Waals surface area contributed by atoms with Crippen molar-refractivity contribution in [3.63, 3.8) is 0 Å². The summed E-state index contributed by atoms with van der Waals surface area (Å²) >= 11 is 3.64. The Labute approximate surface area is 189 Å². The van der Waals surface area contributed by atoms with Gasteiger partial charge in [0.2, 0.25) is 0 Å². The van der Waals surface area contributed by atoms with Crippen molar-refractivity contribution in [3.8, 4) is 17.2 Å². The molecule has 30 heavy (non-hydrogen) atoms. The monoisotopic (exact) mass is 476 g/mol. The first-order valence-corrected chi connectivity index (χ1v) is 11.3. The molecule has 0 amide bonds. The first-order valence-electron chi connectivity index (χ1n) is 10.5. The predicted octanol–water partition coefficient (Wildman–Crippen LogP) is 6.41. The first-order chi connectivity index (χ1) is 14.2. The van der Waals surface area contributed by atoms with Crippen molar-refractivity contribution in [3.05, 3.63) is 52.0 Å². The van der Waals surface area contributed by atoms with Crippen molar-refractivity contribution >= 4 is 21.7 Å². The molecule has 0 aliphatic heterocycles. The summed E-state index contributed by atoms with van der Waals surface area (Å²) in [6.07, 6.45) is 2.47. The molecule has 4 nitrogen and oxygen atoms in total. The van der Waals surface area contributed by atoms with Crippen LogP contribution in [0.4, 0.5) is 0 Å². The summed E-state index contributed by atoms with van der Waals surface area (Å²) in [4.78, 5) is 12.3. The number of Topliss-reactive ketones (excluding diaryl/α,β-unsaturated/α-hetero) is 1. The van der Waals surface area contributed by atoms with E-state index in [2.05, 4.69) is 15.9 Å². The molecular weight excluding hydrogens is 444 g/mol. The van der Waals surface area contributed by atoms with E-state index in [0.29, 0.717) is 5.75 Å². The van der Waals surface area contributed by atoms with Crippen molar-refractivity contribution in [1.82, 2.24) is 0 Å². The Kier molecular flexibility index (Phi) is 9.22. The van der Waals surface area contributed by atoms with Crippen molar-refractivity contribution in [2.75, 3.05) is 7.11 Å². The zero-order valence-corrected chi connectivity index (χ0v) is 20.4. The van der Waals surface area contributed by atoms with E-state index in [1.54, 1.807) is 14.0 Å². The molecule has 0 spiro atoms. The third-order valence-electron chi connectivity index (χ3n) is 4.81. The van der Waals surface area contributed by atoms with E-state index in [9.17, 15) is 4.79 Å². The van der Waals surface area contributed by atoms with Gasteiger partial charge in [-0.05, 0) is 89.3 Å². The Morgan fingerprint density at radius 1 is 0.967 bits per heavy atom. The molecule has 164 valence electrons. The Hall–Kier alpha value is -2.01. The number of halogens is 1. The van der Waals surface area contributed by atoms with Crippen LogP contribution in [0, 0.1) is 5.92 Å². The molecule has 0 heterocycles. The average molecular weight is 477 g/mol. The average Bonchev–Trinajstić information content (AvgIpc) is 2.67. The molecule has 0 aromatic heterocycles. The van der Waals surface area contributed by atoms with Crippen LogP contribution in [0.15, 0.2) is 40.9 Å². The molecule has 2 aromatic carbocycles. The number of benzene rings is 2. The maximum Gasteiger partial charge on any atom is 0.161 e. The maximum atomic E-state index is 12.3. The van der Waals surface area contributed by atoms with Gasteiger partial charge in [-0.3, -0.25) is 4.79 Å². The van der Waals surface area contributed by atoms with Crippen LogP contribution in [0.1, 0.15) is 52.2 Å². The SMILES string of the molecule is COc1cc(Br)c(CCC(Cc2ccc(OC(C)C)cc2)C(C)=O)cc1OC(C)C. The third kappa shape index (κ3) is 7.35. The highest BCUT2D eigenvalue weighted by Gasteiger charge is 2.18. The molecule has 0 radical (unpaired) electrons. The third-order valence-corrected chi connectivity index (χ3v) is 5.55. The molecule has 0 aliphatic rings. The van der Waals surface area contributed by atoms with Crippen molar-refractivity contribution < 1.29 is 19.0 Å². The lowest BCUT2D eigenvalue weighted by molar-refractivity contribution is -0.120. The van der Waals surface area contributed by atoms with E-state index in [4.69, 9.17) is 14.2 Å². The number of hydrogen-bond acceptors (Lipinski definition) is 4. The standard InChI is InChI=1S/C25H33BrO4/c1-16(2)29-22-11-7-19(8-12-22)13-20(18(5)27)9-10-21-14-25(30-17(3)4)24(28-6)15-23(21)26/h7-8,11-12,14-17,20H,9-10,13H2,1-6H3. The number of methoxy groups -OCH3 is 1. The summed E-state index contributed by atoms with van der Waals surface area (Å²) in [5, 5.41) is 0. The van der Waals surface area contributed by atoms with Gasteiger partial charge in [-0.1, -0.05) is 28.1 Å². The van der Waals surface area contributed by atoms with E-state index in [-0.39, 0.29) is 23.9 Å². The number of rotatable bonds is 11. The highest BCUT2D eigenvalue weighted by molar-refractivity contribution is 9.10. The quantitative estimate of drug-likeness (QED) is 0.375. The Morgan fingerprint density at radius 3 is 2.13 bits per heavy atom. The van der Waals surface area contributed by atoms with E-state index >= 15 is 0 Å². The summed E-state index contributed by atoms with van der Waals surface area (Å²) in [5.41, 5.74) is 2.25. The lowest BCUT2D eigenvalue weighted by atomic mass is 9.90. The summed E-state index contributed by atoms with van der Waals surface area (Å²) in [6.45, 7) is 9.68. The molecule has 1 atom stereocenters. The second kappa shape index (κ2) is 11.4. The van der Waals surface area contributed by atoms with Crippen LogP contribution in [0.25, 0.3) is 0 Å². The minimum atomic E-state index is -0.0367. The Morgan fingerprint density at radius 2 is 1.60 bits per heavy atom. The number of hydrogen-bond donors (Lipinski definition) is 0. The van der Waals surface area contributed by atoms with Gasteiger partial charge in [0.25, 0.3) is 0 Å². The van der Waals surface area contributed by atoms with Gasteiger partial charge in [0.15, 0.2) is 11.5 Å². The zero-order valence-electron chi connectivity index (χ0n) is 18.8. The normalized spacial score (nSPS) is 12.2. The van der Waals surface area contributed by atoms with Crippen molar-refractivity contribution in [2.24, 2.45) is 5.92 Å². The largest absolute Gasteiger partial charge is 0.493 e. The molecule has 0 aliphatic carbocycles. The molecule has 0 fully saturated rings. The second-order valence-corrected chi connectivity index (χ2v) is 8.98. The minimum Gasteiger partial charge on any atom is -0.493 e. The molecule has 0 N–H and O–H groups in total. The lowest BCUT2D eigenvalue weighted by Gasteiger charge is -2.18. The highest BCUT2D eigenvalue weighted by atomic mass is 79.9. The lowest BCUT2D eigenvalue weighted by Crippen LogP contribution is -2.15. The topological polar surface area (TPSA) is 44.8 Å². The number of ketones is 1. The van der Waals surface area contributed by atoms with Gasteiger partial charge in [0.05, 0.1) is 19.3 Å². The zero-order chi connectivity index (χ0) is 22.3. The molecule has 2 rings (SSSR count). The fourth-order valence-corrected chi connectivity index (χ4v) is 3.83. The van der Waals surface area contributed by atoms with E-state index in [1.807, 2.05) is 64.1 Å². The fraction of sp³-hybridized carbons (Fsp3) is 0.480. The fourth-order valence-electron chi connectivity index (χ4n) is 3.31. The van der Waals surface area contributed by atoms with Crippen molar-refractivity contribution in [1.29, 1.82) is 0 Å². The molecule has 0 saturated carbocycles. The molecule has 1 unspecified atom stereocenters. The van der Waals surface area contributed by atoms with E-state index < -0.39 is 0 Å². The Bertz CT molecular complexity index is 828. The molecular formula is C25H33BrO4. The summed E-state index contributed by atoms with van der Waals surface area (Å²) in [5.74, 6) is 2.45. The van der Waals surface area contributed by atoms with Gasteiger partial charge < -0.3 is 14.2 Å². The number of ether oxygens (including phenoxy) is 3. The summed E-state index contributed by atoms with van der Waals surface area (Å²) in [6, 6.07) is 12.0.